The first-order valence-corrected chi connectivity index (χ1v) is 10.9. The number of benzene rings is 2. The molecule has 2 aliphatic heterocycles. The van der Waals surface area contributed by atoms with E-state index in [-0.39, 0.29) is 24.2 Å². The van der Waals surface area contributed by atoms with Crippen LogP contribution in [-0.2, 0) is 11.2 Å². The van der Waals surface area contributed by atoms with E-state index in [1.165, 1.54) is 12.8 Å². The molecule has 0 saturated carbocycles. The third-order valence-corrected chi connectivity index (χ3v) is 6.10. The van der Waals surface area contributed by atoms with Gasteiger partial charge in [-0.1, -0.05) is 24.1 Å². The zero-order valence-corrected chi connectivity index (χ0v) is 19.1. The fourth-order valence-electron chi connectivity index (χ4n) is 4.10. The standard InChI is InChI=1S/C23H27ClN4O2.ClH/c1-28-21-13-17(8-5-15(21)6-10-22(28)29)27-23(30)19-9-7-16(24)12-20(19)26-14-18-4-2-3-11-25-18;/h5,7-9,12-13,18,25-26H,2-4,6,10-11,14H2,1H3,(H,27,30);1H. The molecule has 6 nitrogen and oxygen atoms in total. The molecule has 1 saturated heterocycles. The van der Waals surface area contributed by atoms with Gasteiger partial charge in [0.05, 0.1) is 5.56 Å². The van der Waals surface area contributed by atoms with Crippen molar-refractivity contribution in [1.82, 2.24) is 5.32 Å². The molecule has 1 unspecified atom stereocenters. The normalized spacial score (nSPS) is 18.1. The summed E-state index contributed by atoms with van der Waals surface area (Å²) in [5, 5.41) is 10.4. The zero-order valence-electron chi connectivity index (χ0n) is 17.5. The Kier molecular flexibility index (Phi) is 7.81. The van der Waals surface area contributed by atoms with E-state index in [4.69, 9.17) is 11.6 Å². The molecule has 2 aromatic rings. The van der Waals surface area contributed by atoms with Gasteiger partial charge in [-0.2, -0.15) is 0 Å². The highest BCUT2D eigenvalue weighted by atomic mass is 35.5. The van der Waals surface area contributed by atoms with Gasteiger partial charge in [0.15, 0.2) is 0 Å². The van der Waals surface area contributed by atoms with Crippen molar-refractivity contribution in [2.75, 3.05) is 35.7 Å². The molecular formula is C23H28Cl2N4O2. The minimum atomic E-state index is -0.212. The summed E-state index contributed by atoms with van der Waals surface area (Å²) in [6, 6.07) is 11.4. The van der Waals surface area contributed by atoms with Gasteiger partial charge in [-0.3, -0.25) is 9.59 Å². The summed E-state index contributed by atoms with van der Waals surface area (Å²) in [5.41, 5.74) is 3.89. The number of fused-ring (bicyclic) bond motifs is 1. The van der Waals surface area contributed by atoms with Gasteiger partial charge in [0, 0.05) is 48.1 Å². The Labute approximate surface area is 194 Å². The number of carbonyl (C=O) groups is 2. The first-order chi connectivity index (χ1) is 14.5. The minimum absolute atomic E-state index is 0. The van der Waals surface area contributed by atoms with Gasteiger partial charge in [0.1, 0.15) is 0 Å². The molecule has 3 N–H and O–H groups in total. The number of halogens is 2. The lowest BCUT2D eigenvalue weighted by atomic mass is 10.0. The van der Waals surface area contributed by atoms with Crippen molar-refractivity contribution in [3.8, 4) is 0 Å². The SMILES string of the molecule is CN1C(=O)CCc2ccc(NC(=O)c3ccc(Cl)cc3NCC3CCCCN3)cc21.Cl. The molecule has 2 amide bonds. The monoisotopic (exact) mass is 462 g/mol. The Morgan fingerprint density at radius 2 is 2.03 bits per heavy atom. The van der Waals surface area contributed by atoms with Crippen LogP contribution in [0.2, 0.25) is 5.02 Å². The molecule has 2 aromatic carbocycles. The second-order valence-electron chi connectivity index (χ2n) is 7.97. The molecule has 0 aliphatic carbocycles. The molecule has 0 aromatic heterocycles. The van der Waals surface area contributed by atoms with Gasteiger partial charge in [-0.25, -0.2) is 0 Å². The lowest BCUT2D eigenvalue weighted by Gasteiger charge is -2.26. The number of aryl methyl sites for hydroxylation is 1. The number of hydrogen-bond donors (Lipinski definition) is 3. The number of nitrogens with zero attached hydrogens (tertiary/aromatic N) is 1. The summed E-state index contributed by atoms with van der Waals surface area (Å²) < 4.78 is 0. The van der Waals surface area contributed by atoms with Crippen molar-refractivity contribution in [3.63, 3.8) is 0 Å². The molecule has 2 aliphatic rings. The minimum Gasteiger partial charge on any atom is -0.383 e. The predicted molar refractivity (Wildman–Crippen MR) is 129 cm³/mol. The van der Waals surface area contributed by atoms with Crippen molar-refractivity contribution in [2.24, 2.45) is 0 Å². The van der Waals surface area contributed by atoms with E-state index in [2.05, 4.69) is 16.0 Å². The molecule has 1 atom stereocenters. The van der Waals surface area contributed by atoms with E-state index in [0.717, 1.165) is 42.9 Å². The smallest absolute Gasteiger partial charge is 0.257 e. The molecule has 8 heteroatoms. The summed E-state index contributed by atoms with van der Waals surface area (Å²) in [5.74, 6) is -0.123. The number of rotatable bonds is 5. The molecule has 0 radical (unpaired) electrons. The highest BCUT2D eigenvalue weighted by Crippen LogP contribution is 2.30. The van der Waals surface area contributed by atoms with Crippen LogP contribution in [0.25, 0.3) is 0 Å². The van der Waals surface area contributed by atoms with Crippen LogP contribution >= 0.6 is 24.0 Å². The first kappa shape index (κ1) is 23.4. The van der Waals surface area contributed by atoms with Gasteiger partial charge in [0.2, 0.25) is 5.91 Å². The lowest BCUT2D eigenvalue weighted by Crippen LogP contribution is -2.39. The number of anilines is 3. The van der Waals surface area contributed by atoms with Gasteiger partial charge in [0.25, 0.3) is 5.91 Å². The van der Waals surface area contributed by atoms with E-state index < -0.39 is 0 Å². The van der Waals surface area contributed by atoms with E-state index in [1.807, 2.05) is 18.2 Å². The quantitative estimate of drug-likeness (QED) is 0.612. The van der Waals surface area contributed by atoms with Gasteiger partial charge >= 0.3 is 0 Å². The molecule has 1 fully saturated rings. The zero-order chi connectivity index (χ0) is 21.1. The van der Waals surface area contributed by atoms with E-state index in [1.54, 1.807) is 30.1 Å². The summed E-state index contributed by atoms with van der Waals surface area (Å²) in [6.07, 6.45) is 4.80. The van der Waals surface area contributed by atoms with Crippen LogP contribution < -0.4 is 20.9 Å². The second-order valence-corrected chi connectivity index (χ2v) is 8.40. The molecule has 0 bridgehead atoms. The highest BCUT2D eigenvalue weighted by Gasteiger charge is 2.22. The topological polar surface area (TPSA) is 73.5 Å². The Hall–Kier alpha value is -2.28. The van der Waals surface area contributed by atoms with Gasteiger partial charge in [-0.05, 0) is 61.7 Å². The van der Waals surface area contributed by atoms with Crippen LogP contribution in [0.4, 0.5) is 17.1 Å². The Balaban J connectivity index is 0.00000272. The van der Waals surface area contributed by atoms with Crippen LogP contribution in [0, 0.1) is 0 Å². The maximum Gasteiger partial charge on any atom is 0.257 e. The number of hydrogen-bond acceptors (Lipinski definition) is 4. The Morgan fingerprint density at radius 1 is 1.19 bits per heavy atom. The molecule has 4 rings (SSSR count). The van der Waals surface area contributed by atoms with E-state index in [9.17, 15) is 9.59 Å². The lowest BCUT2D eigenvalue weighted by molar-refractivity contribution is -0.118. The first-order valence-electron chi connectivity index (χ1n) is 10.5. The van der Waals surface area contributed by atoms with Crippen LogP contribution in [0.1, 0.15) is 41.6 Å². The molecular weight excluding hydrogens is 435 g/mol. The van der Waals surface area contributed by atoms with Gasteiger partial charge in [-0.15, -0.1) is 12.4 Å². The van der Waals surface area contributed by atoms with Crippen LogP contribution in [0.15, 0.2) is 36.4 Å². The van der Waals surface area contributed by atoms with Crippen molar-refractivity contribution >= 4 is 52.9 Å². The van der Waals surface area contributed by atoms with Crippen molar-refractivity contribution in [3.05, 3.63) is 52.5 Å². The summed E-state index contributed by atoms with van der Waals surface area (Å²) in [6.45, 7) is 1.77. The average molecular weight is 463 g/mol. The largest absolute Gasteiger partial charge is 0.383 e. The molecule has 166 valence electrons. The van der Waals surface area contributed by atoms with Crippen molar-refractivity contribution in [1.29, 1.82) is 0 Å². The average Bonchev–Trinajstić information content (AvgIpc) is 2.76. The molecule has 31 heavy (non-hydrogen) atoms. The van der Waals surface area contributed by atoms with Crippen molar-refractivity contribution in [2.45, 2.75) is 38.1 Å². The van der Waals surface area contributed by atoms with Gasteiger partial charge < -0.3 is 20.9 Å². The van der Waals surface area contributed by atoms with Crippen LogP contribution in [-0.4, -0.2) is 38.0 Å². The van der Waals surface area contributed by atoms with Crippen LogP contribution in [0.5, 0.6) is 0 Å². The molecule has 0 spiro atoms. The van der Waals surface area contributed by atoms with E-state index >= 15 is 0 Å². The van der Waals surface area contributed by atoms with E-state index in [0.29, 0.717) is 28.7 Å². The Morgan fingerprint density at radius 3 is 2.81 bits per heavy atom. The summed E-state index contributed by atoms with van der Waals surface area (Å²) in [7, 11) is 1.77. The maximum atomic E-state index is 13.0. The summed E-state index contributed by atoms with van der Waals surface area (Å²) >= 11 is 6.19. The fourth-order valence-corrected chi connectivity index (χ4v) is 4.27. The maximum absolute atomic E-state index is 13.0. The van der Waals surface area contributed by atoms with Crippen LogP contribution in [0.3, 0.4) is 0 Å². The molecule has 2 heterocycles. The number of amides is 2. The predicted octanol–water partition coefficient (Wildman–Crippen LogP) is 4.48. The second kappa shape index (κ2) is 10.4. The highest BCUT2D eigenvalue weighted by molar-refractivity contribution is 6.31. The number of nitrogens with one attached hydrogen (secondary N) is 3. The third-order valence-electron chi connectivity index (χ3n) is 5.86. The Bertz CT molecular complexity index is 961. The third kappa shape index (κ3) is 5.50. The van der Waals surface area contributed by atoms with Crippen molar-refractivity contribution < 1.29 is 9.59 Å². The number of carbonyl (C=O) groups excluding carboxylic acids is 2. The summed E-state index contributed by atoms with van der Waals surface area (Å²) in [4.78, 5) is 26.7. The number of piperidine rings is 1. The fraction of sp³-hybridized carbons (Fsp3) is 0.391.